The zero-order chi connectivity index (χ0) is 19.1. The Hall–Kier alpha value is -2.84. The first kappa shape index (κ1) is 19.5. The van der Waals surface area contributed by atoms with Crippen LogP contribution in [0, 0.1) is 11.3 Å². The second-order valence-electron chi connectivity index (χ2n) is 6.57. The molecular weight excluding hydrogens is 328 g/mol. The summed E-state index contributed by atoms with van der Waals surface area (Å²) < 4.78 is 5.21. The summed E-state index contributed by atoms with van der Waals surface area (Å²) in [5.41, 5.74) is 4.49. The van der Waals surface area contributed by atoms with Gasteiger partial charge in [-0.05, 0) is 47.4 Å². The first-order valence-electron chi connectivity index (χ1n) is 8.56. The van der Waals surface area contributed by atoms with E-state index in [1.54, 1.807) is 19.2 Å². The van der Waals surface area contributed by atoms with Crippen LogP contribution in [0.1, 0.15) is 48.8 Å². The molecule has 0 aromatic heterocycles. The fourth-order valence-electron chi connectivity index (χ4n) is 2.91. The minimum absolute atomic E-state index is 0.0190. The molecule has 0 heterocycles. The van der Waals surface area contributed by atoms with Gasteiger partial charge in [0.2, 0.25) is 0 Å². The van der Waals surface area contributed by atoms with Gasteiger partial charge in [-0.15, -0.1) is 0 Å². The van der Waals surface area contributed by atoms with Crippen LogP contribution in [0.25, 0.3) is 0 Å². The molecule has 2 N–H and O–H groups in total. The molecule has 0 aliphatic rings. The van der Waals surface area contributed by atoms with Gasteiger partial charge in [0.1, 0.15) is 0 Å². The van der Waals surface area contributed by atoms with Gasteiger partial charge >= 0.3 is 5.97 Å². The third kappa shape index (κ3) is 5.08. The maximum atomic E-state index is 11.2. The fraction of sp³-hybridized carbons (Fsp3) is 0.333. The van der Waals surface area contributed by atoms with Crippen molar-refractivity contribution in [1.29, 1.82) is 5.26 Å². The Morgan fingerprint density at radius 2 is 1.92 bits per heavy atom. The van der Waals surface area contributed by atoms with Crippen molar-refractivity contribution in [3.05, 3.63) is 59.2 Å². The van der Waals surface area contributed by atoms with Crippen molar-refractivity contribution in [2.24, 2.45) is 0 Å². The Morgan fingerprint density at radius 3 is 2.46 bits per heavy atom. The summed E-state index contributed by atoms with van der Waals surface area (Å²) in [5.74, 6) is -0.743. The Morgan fingerprint density at radius 1 is 1.23 bits per heavy atom. The predicted molar refractivity (Wildman–Crippen MR) is 102 cm³/mol. The maximum Gasteiger partial charge on any atom is 0.304 e. The lowest BCUT2D eigenvalue weighted by Crippen LogP contribution is -2.12. The molecule has 0 saturated heterocycles. The minimum atomic E-state index is -0.846. The van der Waals surface area contributed by atoms with Gasteiger partial charge in [0.15, 0.2) is 0 Å². The van der Waals surface area contributed by atoms with Gasteiger partial charge in [-0.2, -0.15) is 5.26 Å². The van der Waals surface area contributed by atoms with E-state index in [-0.39, 0.29) is 12.3 Å². The van der Waals surface area contributed by atoms with E-state index >= 15 is 0 Å². The van der Waals surface area contributed by atoms with Gasteiger partial charge in [0, 0.05) is 24.4 Å². The summed E-state index contributed by atoms with van der Waals surface area (Å²) in [6, 6.07) is 15.4. The summed E-state index contributed by atoms with van der Waals surface area (Å²) in [6.07, 6.45) is 0.0190. The number of anilines is 2. The number of carbonyl (C=O) groups is 1. The van der Waals surface area contributed by atoms with Crippen molar-refractivity contribution < 1.29 is 14.6 Å². The van der Waals surface area contributed by atoms with E-state index in [2.05, 4.69) is 25.2 Å². The van der Waals surface area contributed by atoms with Crippen LogP contribution in [0.2, 0.25) is 0 Å². The molecule has 1 unspecified atom stereocenters. The molecule has 136 valence electrons. The smallest absolute Gasteiger partial charge is 0.304 e. The summed E-state index contributed by atoms with van der Waals surface area (Å²) in [5, 5.41) is 21.5. The van der Waals surface area contributed by atoms with E-state index in [0.29, 0.717) is 18.1 Å². The summed E-state index contributed by atoms with van der Waals surface area (Å²) in [7, 11) is 1.58. The standard InChI is InChI=1S/C21H24N2O3/c1-14(2)19-9-6-16(17(13-26-3)11-21(24)25)10-20(19)23-18-7-4-15(12-22)5-8-18/h4-10,14,17,23H,11,13H2,1-3H3,(H,24,25). The number of benzene rings is 2. The van der Waals surface area contributed by atoms with Crippen LogP contribution in [-0.4, -0.2) is 24.8 Å². The van der Waals surface area contributed by atoms with Gasteiger partial charge in [-0.1, -0.05) is 26.0 Å². The number of nitrogens with zero attached hydrogens (tertiary/aromatic N) is 1. The molecular formula is C21H24N2O3. The third-order valence-electron chi connectivity index (χ3n) is 4.25. The second-order valence-corrected chi connectivity index (χ2v) is 6.57. The van der Waals surface area contributed by atoms with Crippen LogP contribution >= 0.6 is 0 Å². The first-order chi connectivity index (χ1) is 12.4. The van der Waals surface area contributed by atoms with Gasteiger partial charge in [0.25, 0.3) is 0 Å². The van der Waals surface area contributed by atoms with Crippen LogP contribution in [-0.2, 0) is 9.53 Å². The molecule has 5 heteroatoms. The number of hydrogen-bond acceptors (Lipinski definition) is 4. The van der Waals surface area contributed by atoms with Crippen LogP contribution in [0.5, 0.6) is 0 Å². The zero-order valence-electron chi connectivity index (χ0n) is 15.3. The lowest BCUT2D eigenvalue weighted by atomic mass is 9.92. The molecule has 0 amide bonds. The molecule has 2 aromatic carbocycles. The number of methoxy groups -OCH3 is 1. The number of carboxylic acid groups (broad SMARTS) is 1. The third-order valence-corrected chi connectivity index (χ3v) is 4.25. The SMILES string of the molecule is COCC(CC(=O)O)c1ccc(C(C)C)c(Nc2ccc(C#N)cc2)c1. The first-order valence-corrected chi connectivity index (χ1v) is 8.56. The highest BCUT2D eigenvalue weighted by Crippen LogP contribution is 2.32. The predicted octanol–water partition coefficient (Wildman–Crippen LogP) is 4.63. The van der Waals surface area contributed by atoms with E-state index in [9.17, 15) is 9.90 Å². The van der Waals surface area contributed by atoms with Crippen LogP contribution in [0.3, 0.4) is 0 Å². The Kier molecular flexibility index (Phi) is 6.76. The molecule has 5 nitrogen and oxygen atoms in total. The van der Waals surface area contributed by atoms with Gasteiger partial charge in [-0.3, -0.25) is 4.79 Å². The number of nitrogens with one attached hydrogen (secondary N) is 1. The molecule has 0 fully saturated rings. The van der Waals surface area contributed by atoms with Crippen LogP contribution < -0.4 is 5.32 Å². The monoisotopic (exact) mass is 352 g/mol. The molecule has 0 aliphatic carbocycles. The molecule has 2 rings (SSSR count). The van der Waals surface area contributed by atoms with Crippen LogP contribution in [0.15, 0.2) is 42.5 Å². The number of nitriles is 1. The minimum Gasteiger partial charge on any atom is -0.481 e. The number of ether oxygens (including phenoxy) is 1. The van der Waals surface area contributed by atoms with Crippen LogP contribution in [0.4, 0.5) is 11.4 Å². The lowest BCUT2D eigenvalue weighted by molar-refractivity contribution is -0.137. The highest BCUT2D eigenvalue weighted by Gasteiger charge is 2.18. The number of aliphatic carboxylic acids is 1. The van der Waals surface area contributed by atoms with Crippen molar-refractivity contribution >= 4 is 17.3 Å². The van der Waals surface area contributed by atoms with Crippen molar-refractivity contribution in [2.75, 3.05) is 19.0 Å². The Balaban J connectivity index is 2.37. The molecule has 0 spiro atoms. The van der Waals surface area contributed by atoms with Crippen molar-refractivity contribution in [1.82, 2.24) is 0 Å². The van der Waals surface area contributed by atoms with Gasteiger partial charge in [0.05, 0.1) is 24.7 Å². The fourth-order valence-corrected chi connectivity index (χ4v) is 2.91. The maximum absolute atomic E-state index is 11.2. The average Bonchev–Trinajstić information content (AvgIpc) is 2.61. The molecule has 0 bridgehead atoms. The van der Waals surface area contributed by atoms with Gasteiger partial charge in [-0.25, -0.2) is 0 Å². The van der Waals surface area contributed by atoms with Crippen molar-refractivity contribution in [3.63, 3.8) is 0 Å². The van der Waals surface area contributed by atoms with E-state index in [4.69, 9.17) is 10.00 Å². The highest BCUT2D eigenvalue weighted by molar-refractivity contribution is 5.69. The Bertz CT molecular complexity index is 792. The second kappa shape index (κ2) is 9.02. The normalized spacial score (nSPS) is 11.8. The number of carboxylic acids is 1. The molecule has 1 atom stereocenters. The number of rotatable bonds is 8. The van der Waals surface area contributed by atoms with E-state index in [1.807, 2.05) is 30.3 Å². The molecule has 2 aromatic rings. The molecule has 26 heavy (non-hydrogen) atoms. The van der Waals surface area contributed by atoms with Gasteiger partial charge < -0.3 is 15.2 Å². The zero-order valence-corrected chi connectivity index (χ0v) is 15.3. The number of hydrogen-bond donors (Lipinski definition) is 2. The van der Waals surface area contributed by atoms with E-state index < -0.39 is 5.97 Å². The van der Waals surface area contributed by atoms with E-state index in [0.717, 1.165) is 22.5 Å². The summed E-state index contributed by atoms with van der Waals surface area (Å²) in [4.78, 5) is 11.2. The van der Waals surface area contributed by atoms with Crippen molar-refractivity contribution in [3.8, 4) is 6.07 Å². The molecule has 0 radical (unpaired) electrons. The topological polar surface area (TPSA) is 82.3 Å². The van der Waals surface area contributed by atoms with E-state index in [1.165, 1.54) is 0 Å². The molecule has 0 saturated carbocycles. The largest absolute Gasteiger partial charge is 0.481 e. The average molecular weight is 352 g/mol. The molecule has 0 aliphatic heterocycles. The Labute approximate surface area is 154 Å². The van der Waals surface area contributed by atoms with Crippen molar-refractivity contribution in [2.45, 2.75) is 32.1 Å². The lowest BCUT2D eigenvalue weighted by Gasteiger charge is -2.20. The summed E-state index contributed by atoms with van der Waals surface area (Å²) in [6.45, 7) is 4.58. The summed E-state index contributed by atoms with van der Waals surface area (Å²) >= 11 is 0. The quantitative estimate of drug-likeness (QED) is 0.724. The highest BCUT2D eigenvalue weighted by atomic mass is 16.5.